The quantitative estimate of drug-likeness (QED) is 0.279. The van der Waals surface area contributed by atoms with Crippen molar-refractivity contribution in [3.63, 3.8) is 0 Å². The number of pyridine rings is 1. The summed E-state index contributed by atoms with van der Waals surface area (Å²) in [6.45, 7) is 3.63. The number of anilines is 1. The molecular weight excluding hydrogens is 521 g/mol. The Morgan fingerprint density at radius 3 is 2.37 bits per heavy atom. The lowest BCUT2D eigenvalue weighted by atomic mass is 10.0. The molecule has 4 aromatic rings. The molecule has 38 heavy (non-hydrogen) atoms. The van der Waals surface area contributed by atoms with Crippen molar-refractivity contribution in [1.82, 2.24) is 14.8 Å². The highest BCUT2D eigenvalue weighted by molar-refractivity contribution is 7.93. The Morgan fingerprint density at radius 1 is 1.00 bits per heavy atom. The third kappa shape index (κ3) is 4.99. The van der Waals surface area contributed by atoms with Crippen molar-refractivity contribution in [2.45, 2.75) is 31.7 Å². The highest BCUT2D eigenvalue weighted by Crippen LogP contribution is 2.39. The molecule has 0 unspecified atom stereocenters. The lowest BCUT2D eigenvalue weighted by molar-refractivity contribution is 0.157. The standard InChI is InChI=1S/C26H23F3N4O4S/c1-3-15-37-26(34)33(38(35,36)22-8-6-5-7-19(22)27)21-10-9-20(28)23(24(21)29)25-18(16-32(4-2)31-25)17-11-13-30-14-12-17/h5-14,16H,3-4,15H2,1-2H3. The zero-order valence-corrected chi connectivity index (χ0v) is 21.3. The van der Waals surface area contributed by atoms with Gasteiger partial charge in [0.25, 0.3) is 10.0 Å². The summed E-state index contributed by atoms with van der Waals surface area (Å²) in [5.74, 6) is -3.60. The zero-order valence-electron chi connectivity index (χ0n) is 20.4. The van der Waals surface area contributed by atoms with E-state index in [4.69, 9.17) is 4.74 Å². The summed E-state index contributed by atoms with van der Waals surface area (Å²) in [4.78, 5) is 16.0. The Balaban J connectivity index is 1.97. The predicted molar refractivity (Wildman–Crippen MR) is 134 cm³/mol. The van der Waals surface area contributed by atoms with E-state index >= 15 is 8.78 Å². The predicted octanol–water partition coefficient (Wildman–Crippen LogP) is 5.79. The van der Waals surface area contributed by atoms with Crippen LogP contribution in [0.3, 0.4) is 0 Å². The maximum Gasteiger partial charge on any atom is 0.428 e. The first-order valence-electron chi connectivity index (χ1n) is 11.6. The van der Waals surface area contributed by atoms with Gasteiger partial charge in [-0.1, -0.05) is 19.1 Å². The van der Waals surface area contributed by atoms with E-state index in [2.05, 4.69) is 10.1 Å². The van der Waals surface area contributed by atoms with Crippen LogP contribution in [0, 0.1) is 17.5 Å². The van der Waals surface area contributed by atoms with Gasteiger partial charge in [-0.05, 0) is 55.3 Å². The molecule has 2 aromatic heterocycles. The molecule has 0 aliphatic rings. The number of carbonyl (C=O) groups excluding carboxylic acids is 1. The van der Waals surface area contributed by atoms with Gasteiger partial charge in [0, 0.05) is 30.7 Å². The van der Waals surface area contributed by atoms with Gasteiger partial charge in [0.15, 0.2) is 5.82 Å². The van der Waals surface area contributed by atoms with E-state index < -0.39 is 49.7 Å². The van der Waals surface area contributed by atoms with Gasteiger partial charge in [-0.2, -0.15) is 9.40 Å². The molecule has 0 radical (unpaired) electrons. The van der Waals surface area contributed by atoms with Crippen molar-refractivity contribution in [1.29, 1.82) is 0 Å². The Bertz CT molecular complexity index is 1580. The fourth-order valence-electron chi connectivity index (χ4n) is 3.75. The van der Waals surface area contributed by atoms with Gasteiger partial charge >= 0.3 is 6.09 Å². The SMILES string of the molecule is CCCOC(=O)N(c1ccc(F)c(-c2nn(CC)cc2-c2ccncc2)c1F)S(=O)(=O)c1ccccc1F. The van der Waals surface area contributed by atoms with Crippen LogP contribution in [0.25, 0.3) is 22.4 Å². The highest BCUT2D eigenvalue weighted by atomic mass is 32.2. The fourth-order valence-corrected chi connectivity index (χ4v) is 5.16. The molecule has 8 nitrogen and oxygen atoms in total. The fraction of sp³-hybridized carbons (Fsp3) is 0.192. The Labute approximate surface area is 217 Å². The van der Waals surface area contributed by atoms with Gasteiger partial charge in [0.05, 0.1) is 12.2 Å². The molecule has 0 N–H and O–H groups in total. The van der Waals surface area contributed by atoms with Crippen molar-refractivity contribution in [2.24, 2.45) is 0 Å². The van der Waals surface area contributed by atoms with Gasteiger partial charge in [-0.15, -0.1) is 0 Å². The van der Waals surface area contributed by atoms with Gasteiger partial charge in [0.1, 0.15) is 27.9 Å². The first-order chi connectivity index (χ1) is 18.2. The number of ether oxygens (including phenoxy) is 1. The summed E-state index contributed by atoms with van der Waals surface area (Å²) in [6, 6.07) is 9.15. The van der Waals surface area contributed by atoms with Gasteiger partial charge in [-0.25, -0.2) is 26.4 Å². The zero-order chi connectivity index (χ0) is 27.4. The lowest BCUT2D eigenvalue weighted by Crippen LogP contribution is -2.38. The first kappa shape index (κ1) is 26.9. The number of halogens is 3. The smallest absolute Gasteiger partial charge is 0.428 e. The number of hydrogen-bond acceptors (Lipinski definition) is 6. The van der Waals surface area contributed by atoms with Crippen molar-refractivity contribution < 1.29 is 31.1 Å². The van der Waals surface area contributed by atoms with E-state index in [1.165, 1.54) is 29.2 Å². The number of aromatic nitrogens is 3. The number of carbonyl (C=O) groups is 1. The summed E-state index contributed by atoms with van der Waals surface area (Å²) in [7, 11) is -5.02. The number of sulfonamides is 1. The van der Waals surface area contributed by atoms with E-state index in [0.29, 0.717) is 24.1 Å². The molecule has 4 rings (SSSR count). The second-order valence-electron chi connectivity index (χ2n) is 8.05. The molecule has 0 fully saturated rings. The molecule has 0 aliphatic carbocycles. The van der Waals surface area contributed by atoms with Crippen LogP contribution in [-0.4, -0.2) is 35.9 Å². The number of hydrogen-bond donors (Lipinski definition) is 0. The number of aryl methyl sites for hydroxylation is 1. The maximum atomic E-state index is 16.2. The van der Waals surface area contributed by atoms with Gasteiger partial charge in [0.2, 0.25) is 0 Å². The molecule has 1 amide bonds. The third-order valence-corrected chi connectivity index (χ3v) is 7.27. The number of nitrogens with zero attached hydrogens (tertiary/aromatic N) is 4. The molecule has 198 valence electrons. The summed E-state index contributed by atoms with van der Waals surface area (Å²) < 4.78 is 79.4. The summed E-state index contributed by atoms with van der Waals surface area (Å²) in [5, 5.41) is 4.30. The van der Waals surface area contributed by atoms with Crippen LogP contribution < -0.4 is 4.31 Å². The Hall–Kier alpha value is -4.19. The van der Waals surface area contributed by atoms with Crippen LogP contribution in [-0.2, 0) is 21.3 Å². The Morgan fingerprint density at radius 2 is 1.71 bits per heavy atom. The minimum Gasteiger partial charge on any atom is -0.448 e. The minimum absolute atomic E-state index is 0.00225. The van der Waals surface area contributed by atoms with Crippen LogP contribution in [0.5, 0.6) is 0 Å². The molecule has 2 heterocycles. The minimum atomic E-state index is -5.02. The molecular formula is C26H23F3N4O4S. The van der Waals surface area contributed by atoms with Crippen LogP contribution >= 0.6 is 0 Å². The average Bonchev–Trinajstić information content (AvgIpc) is 3.33. The normalized spacial score (nSPS) is 11.4. The molecule has 0 saturated carbocycles. The number of rotatable bonds is 8. The largest absolute Gasteiger partial charge is 0.448 e. The van der Waals surface area contributed by atoms with Crippen LogP contribution in [0.4, 0.5) is 23.7 Å². The number of amides is 1. The first-order valence-corrected chi connectivity index (χ1v) is 13.1. The van der Waals surface area contributed by atoms with E-state index in [0.717, 1.165) is 24.3 Å². The van der Waals surface area contributed by atoms with Crippen LogP contribution in [0.1, 0.15) is 20.3 Å². The van der Waals surface area contributed by atoms with Crippen LogP contribution in [0.2, 0.25) is 0 Å². The van der Waals surface area contributed by atoms with Gasteiger partial charge in [-0.3, -0.25) is 9.67 Å². The van der Waals surface area contributed by atoms with Crippen molar-refractivity contribution >= 4 is 21.8 Å². The summed E-state index contributed by atoms with van der Waals surface area (Å²) in [6.07, 6.45) is 3.44. The summed E-state index contributed by atoms with van der Waals surface area (Å²) in [5.41, 5.74) is -0.741. The maximum absolute atomic E-state index is 16.2. The molecule has 0 saturated heterocycles. The molecule has 12 heteroatoms. The third-order valence-electron chi connectivity index (χ3n) is 5.55. The highest BCUT2D eigenvalue weighted by Gasteiger charge is 2.38. The molecule has 0 atom stereocenters. The molecule has 0 bridgehead atoms. The van der Waals surface area contributed by atoms with Crippen LogP contribution in [0.15, 0.2) is 72.0 Å². The van der Waals surface area contributed by atoms with Crippen molar-refractivity contribution in [3.8, 4) is 22.4 Å². The Kier molecular flexibility index (Phi) is 7.81. The van der Waals surface area contributed by atoms with Crippen molar-refractivity contribution in [2.75, 3.05) is 10.9 Å². The monoisotopic (exact) mass is 544 g/mol. The second-order valence-corrected chi connectivity index (χ2v) is 9.81. The second kappa shape index (κ2) is 11.1. The van der Waals surface area contributed by atoms with E-state index in [9.17, 15) is 17.6 Å². The average molecular weight is 545 g/mol. The van der Waals surface area contributed by atoms with E-state index in [-0.39, 0.29) is 16.6 Å². The molecule has 0 aliphatic heterocycles. The van der Waals surface area contributed by atoms with Crippen molar-refractivity contribution in [3.05, 3.63) is 84.6 Å². The number of benzene rings is 2. The lowest BCUT2D eigenvalue weighted by Gasteiger charge is -2.23. The molecule has 0 spiro atoms. The van der Waals surface area contributed by atoms with E-state index in [1.807, 2.05) is 0 Å². The molecule has 2 aromatic carbocycles. The van der Waals surface area contributed by atoms with E-state index in [1.54, 1.807) is 32.2 Å². The summed E-state index contributed by atoms with van der Waals surface area (Å²) >= 11 is 0. The van der Waals surface area contributed by atoms with Gasteiger partial charge < -0.3 is 4.74 Å². The topological polar surface area (TPSA) is 94.4 Å².